The van der Waals surface area contributed by atoms with E-state index in [2.05, 4.69) is 9.97 Å². The Kier molecular flexibility index (Phi) is 7.44. The second kappa shape index (κ2) is 9.79. The number of aromatic nitrogens is 2. The summed E-state index contributed by atoms with van der Waals surface area (Å²) >= 11 is 0. The zero-order valence-electron chi connectivity index (χ0n) is 16.9. The lowest BCUT2D eigenvalue weighted by Crippen LogP contribution is -2.52. The second-order valence-electron chi connectivity index (χ2n) is 7.01. The van der Waals surface area contributed by atoms with E-state index in [1.807, 2.05) is 13.8 Å². The normalized spacial score (nSPS) is 13.2. The summed E-state index contributed by atoms with van der Waals surface area (Å²) in [4.78, 5) is 33.9. The maximum absolute atomic E-state index is 13.0. The van der Waals surface area contributed by atoms with Crippen molar-refractivity contribution in [2.24, 2.45) is 11.5 Å². The minimum Gasteiger partial charge on any atom is -0.508 e. The number of carbonyl (C=O) groups is 2. The van der Waals surface area contributed by atoms with Crippen LogP contribution in [0.15, 0.2) is 36.9 Å². The lowest BCUT2D eigenvalue weighted by Gasteiger charge is -2.29. The summed E-state index contributed by atoms with van der Waals surface area (Å²) < 4.78 is 0. The van der Waals surface area contributed by atoms with Crippen LogP contribution in [0.2, 0.25) is 0 Å². The molecule has 0 radical (unpaired) electrons. The van der Waals surface area contributed by atoms with Crippen LogP contribution in [0.1, 0.15) is 29.2 Å². The summed E-state index contributed by atoms with van der Waals surface area (Å²) in [6.45, 7) is 5.45. The molecule has 0 saturated heterocycles. The van der Waals surface area contributed by atoms with Crippen molar-refractivity contribution in [3.05, 3.63) is 59.2 Å². The Hall–Kier alpha value is -3.26. The van der Waals surface area contributed by atoms with Gasteiger partial charge < -0.3 is 21.5 Å². The van der Waals surface area contributed by atoms with Crippen molar-refractivity contribution >= 4 is 17.9 Å². The standard InChI is InChI=1S/C21H27N5O3/c1-13-7-17(27)8-14(2)18(13)9-19(22)21(29)26(15(3)20(23)28)6-4-5-16-10-24-12-25-11-16/h4-5,7-8,10-12,15,19,27H,6,9,22H2,1-3H3,(H2,23,28)/t15-,19+/m1/s1. The molecule has 0 unspecified atom stereocenters. The van der Waals surface area contributed by atoms with E-state index in [-0.39, 0.29) is 24.6 Å². The van der Waals surface area contributed by atoms with E-state index in [1.165, 1.54) is 11.2 Å². The van der Waals surface area contributed by atoms with Crippen LogP contribution >= 0.6 is 0 Å². The van der Waals surface area contributed by atoms with Gasteiger partial charge in [-0.15, -0.1) is 0 Å². The third-order valence-corrected chi connectivity index (χ3v) is 4.78. The highest BCUT2D eigenvalue weighted by molar-refractivity contribution is 5.89. The average molecular weight is 397 g/mol. The number of aryl methyl sites for hydroxylation is 2. The summed E-state index contributed by atoms with van der Waals surface area (Å²) in [5.74, 6) is -0.821. The molecule has 2 atom stereocenters. The first-order chi connectivity index (χ1) is 13.7. The Balaban J connectivity index is 2.18. The molecule has 154 valence electrons. The molecule has 0 spiro atoms. The van der Waals surface area contributed by atoms with Gasteiger partial charge in [0.15, 0.2) is 0 Å². The van der Waals surface area contributed by atoms with Crippen molar-refractivity contribution in [3.8, 4) is 5.75 Å². The predicted molar refractivity (Wildman–Crippen MR) is 111 cm³/mol. The van der Waals surface area contributed by atoms with Gasteiger partial charge in [-0.3, -0.25) is 9.59 Å². The zero-order valence-corrected chi connectivity index (χ0v) is 16.9. The number of aromatic hydroxyl groups is 1. The molecule has 0 aliphatic heterocycles. The van der Waals surface area contributed by atoms with Crippen molar-refractivity contribution in [2.45, 2.75) is 39.3 Å². The Morgan fingerprint density at radius 1 is 1.21 bits per heavy atom. The molecule has 0 bridgehead atoms. The van der Waals surface area contributed by atoms with Crippen LogP contribution in [0.4, 0.5) is 0 Å². The van der Waals surface area contributed by atoms with E-state index in [0.29, 0.717) is 0 Å². The van der Waals surface area contributed by atoms with Gasteiger partial charge >= 0.3 is 0 Å². The first kappa shape index (κ1) is 22.0. The van der Waals surface area contributed by atoms with Crippen molar-refractivity contribution in [2.75, 3.05) is 6.54 Å². The van der Waals surface area contributed by atoms with Crippen molar-refractivity contribution in [3.63, 3.8) is 0 Å². The van der Waals surface area contributed by atoms with Crippen LogP contribution in [-0.4, -0.2) is 50.4 Å². The number of amides is 2. The lowest BCUT2D eigenvalue weighted by molar-refractivity contribution is -0.139. The minimum absolute atomic E-state index is 0.166. The number of phenolic OH excluding ortho intramolecular Hbond substituents is 1. The van der Waals surface area contributed by atoms with Gasteiger partial charge in [0.25, 0.3) is 0 Å². The van der Waals surface area contributed by atoms with E-state index in [1.54, 1.807) is 43.6 Å². The van der Waals surface area contributed by atoms with Gasteiger partial charge in [0.1, 0.15) is 18.1 Å². The fourth-order valence-corrected chi connectivity index (χ4v) is 3.10. The molecule has 2 amide bonds. The first-order valence-electron chi connectivity index (χ1n) is 9.26. The molecule has 0 aliphatic carbocycles. The summed E-state index contributed by atoms with van der Waals surface area (Å²) in [5, 5.41) is 9.70. The number of phenols is 1. The summed E-state index contributed by atoms with van der Waals surface area (Å²) in [6.07, 6.45) is 8.47. The lowest BCUT2D eigenvalue weighted by atomic mass is 9.95. The number of nitrogens with zero attached hydrogens (tertiary/aromatic N) is 3. The van der Waals surface area contributed by atoms with Gasteiger partial charge in [0, 0.05) is 24.5 Å². The van der Waals surface area contributed by atoms with Crippen molar-refractivity contribution in [1.82, 2.24) is 14.9 Å². The maximum atomic E-state index is 13.0. The number of hydrogen-bond donors (Lipinski definition) is 3. The zero-order chi connectivity index (χ0) is 21.6. The van der Waals surface area contributed by atoms with E-state index in [0.717, 1.165) is 22.3 Å². The van der Waals surface area contributed by atoms with Crippen LogP contribution in [0.3, 0.4) is 0 Å². The maximum Gasteiger partial charge on any atom is 0.240 e. The predicted octanol–water partition coefficient (Wildman–Crippen LogP) is 1.08. The van der Waals surface area contributed by atoms with Gasteiger partial charge in [-0.2, -0.15) is 0 Å². The molecular formula is C21H27N5O3. The van der Waals surface area contributed by atoms with Gasteiger partial charge in [0.2, 0.25) is 11.8 Å². The molecule has 8 heteroatoms. The monoisotopic (exact) mass is 397 g/mol. The molecule has 0 aliphatic rings. The SMILES string of the molecule is Cc1cc(O)cc(C)c1C[C@H](N)C(=O)N(CC=Cc1cncnc1)[C@H](C)C(N)=O. The molecule has 1 heterocycles. The number of benzene rings is 1. The van der Waals surface area contributed by atoms with Crippen LogP contribution in [0, 0.1) is 13.8 Å². The van der Waals surface area contributed by atoms with Gasteiger partial charge in [-0.1, -0.05) is 12.2 Å². The first-order valence-corrected chi connectivity index (χ1v) is 9.26. The molecule has 0 saturated carbocycles. The van der Waals surface area contributed by atoms with Crippen molar-refractivity contribution in [1.29, 1.82) is 0 Å². The molecular weight excluding hydrogens is 370 g/mol. The molecule has 8 nitrogen and oxygen atoms in total. The van der Waals surface area contributed by atoms with Gasteiger partial charge in [0.05, 0.1) is 6.04 Å². The molecule has 29 heavy (non-hydrogen) atoms. The molecule has 1 aromatic heterocycles. The Labute approximate surface area is 170 Å². The molecule has 0 fully saturated rings. The van der Waals surface area contributed by atoms with E-state index >= 15 is 0 Å². The van der Waals surface area contributed by atoms with Crippen molar-refractivity contribution < 1.29 is 14.7 Å². The molecule has 2 rings (SSSR count). The largest absolute Gasteiger partial charge is 0.508 e. The van der Waals surface area contributed by atoms with Crippen LogP contribution in [0.25, 0.3) is 6.08 Å². The summed E-state index contributed by atoms with van der Waals surface area (Å²) in [5.41, 5.74) is 15.0. The summed E-state index contributed by atoms with van der Waals surface area (Å²) in [7, 11) is 0. The molecule has 5 N–H and O–H groups in total. The van der Waals surface area contributed by atoms with Crippen LogP contribution in [0.5, 0.6) is 5.75 Å². The third-order valence-electron chi connectivity index (χ3n) is 4.78. The Bertz CT molecular complexity index is 875. The molecule has 2 aromatic rings. The number of hydrogen-bond acceptors (Lipinski definition) is 6. The van der Waals surface area contributed by atoms with Crippen LogP contribution in [-0.2, 0) is 16.0 Å². The highest BCUT2D eigenvalue weighted by Crippen LogP contribution is 2.22. The smallest absolute Gasteiger partial charge is 0.240 e. The van der Waals surface area contributed by atoms with Gasteiger partial charge in [-0.25, -0.2) is 9.97 Å². The highest BCUT2D eigenvalue weighted by Gasteiger charge is 2.28. The quantitative estimate of drug-likeness (QED) is 0.610. The average Bonchev–Trinajstić information content (AvgIpc) is 2.67. The fraction of sp³-hybridized carbons (Fsp3) is 0.333. The van der Waals surface area contributed by atoms with E-state index in [4.69, 9.17) is 11.5 Å². The number of rotatable bonds is 8. The fourth-order valence-electron chi connectivity index (χ4n) is 3.10. The number of nitrogens with two attached hydrogens (primary N) is 2. The van der Waals surface area contributed by atoms with E-state index in [9.17, 15) is 14.7 Å². The Morgan fingerprint density at radius 2 is 1.79 bits per heavy atom. The summed E-state index contributed by atoms with van der Waals surface area (Å²) in [6, 6.07) is 1.60. The van der Waals surface area contributed by atoms with E-state index < -0.39 is 18.0 Å². The van der Waals surface area contributed by atoms with Crippen LogP contribution < -0.4 is 11.5 Å². The minimum atomic E-state index is -0.854. The second-order valence-corrected chi connectivity index (χ2v) is 7.01. The highest BCUT2D eigenvalue weighted by atomic mass is 16.3. The number of primary amides is 1. The van der Waals surface area contributed by atoms with Gasteiger partial charge in [-0.05, 0) is 56.0 Å². The third kappa shape index (κ3) is 5.86. The molecule has 1 aromatic carbocycles. The Morgan fingerprint density at radius 3 is 2.34 bits per heavy atom. The number of carbonyl (C=O) groups excluding carboxylic acids is 2. The topological polar surface area (TPSA) is 135 Å².